The fraction of sp³-hybridized carbons (Fsp3) is 0.385. The van der Waals surface area contributed by atoms with Crippen molar-refractivity contribution in [2.24, 2.45) is 0 Å². The number of imidazole rings is 1. The molecule has 0 fully saturated rings. The Bertz CT molecular complexity index is 664. The van der Waals surface area contributed by atoms with Gasteiger partial charge in [0.1, 0.15) is 5.52 Å². The van der Waals surface area contributed by atoms with Crippen LogP contribution in [0.15, 0.2) is 18.2 Å². The van der Waals surface area contributed by atoms with E-state index in [2.05, 4.69) is 4.98 Å². The lowest BCUT2D eigenvalue weighted by Gasteiger charge is -2.10. The van der Waals surface area contributed by atoms with Gasteiger partial charge in [-0.15, -0.1) is 0 Å². The largest absolute Gasteiger partial charge is 0.478 e. The molecule has 114 valence electrons. The first-order valence-corrected chi connectivity index (χ1v) is 6.27. The van der Waals surface area contributed by atoms with E-state index in [0.29, 0.717) is 12.8 Å². The van der Waals surface area contributed by atoms with E-state index in [4.69, 9.17) is 10.2 Å². The third-order valence-corrected chi connectivity index (χ3v) is 3.05. The molecule has 0 bridgehead atoms. The number of benzene rings is 1. The van der Waals surface area contributed by atoms with Crippen LogP contribution in [0.1, 0.15) is 29.0 Å². The van der Waals surface area contributed by atoms with Crippen LogP contribution in [0.5, 0.6) is 0 Å². The number of hydrogen-bond acceptors (Lipinski definition) is 3. The Morgan fingerprint density at radius 1 is 1.29 bits per heavy atom. The van der Waals surface area contributed by atoms with Crippen LogP contribution in [0.25, 0.3) is 11.0 Å². The van der Waals surface area contributed by atoms with Crippen LogP contribution in [0.2, 0.25) is 0 Å². The molecule has 0 amide bonds. The number of aliphatic hydroxyl groups is 1. The average Bonchev–Trinajstić information content (AvgIpc) is 2.77. The number of rotatable bonds is 5. The zero-order valence-corrected chi connectivity index (χ0v) is 10.9. The minimum atomic E-state index is -4.67. The Morgan fingerprint density at radius 3 is 2.57 bits per heavy atom. The van der Waals surface area contributed by atoms with Crippen molar-refractivity contribution in [3.05, 3.63) is 29.6 Å². The summed E-state index contributed by atoms with van der Waals surface area (Å²) in [4.78, 5) is 14.6. The van der Waals surface area contributed by atoms with E-state index in [9.17, 15) is 18.0 Å². The number of aromatic carboxylic acids is 1. The predicted molar refractivity (Wildman–Crippen MR) is 68.0 cm³/mol. The molecule has 2 rings (SSSR count). The van der Waals surface area contributed by atoms with Crippen molar-refractivity contribution in [1.29, 1.82) is 0 Å². The third-order valence-electron chi connectivity index (χ3n) is 3.05. The number of halogens is 3. The lowest BCUT2D eigenvalue weighted by Crippen LogP contribution is -2.15. The highest BCUT2D eigenvalue weighted by molar-refractivity contribution is 6.01. The molecule has 1 aromatic carbocycles. The molecule has 2 N–H and O–H groups in total. The zero-order chi connectivity index (χ0) is 15.6. The van der Waals surface area contributed by atoms with Crippen LogP contribution in [0, 0.1) is 0 Å². The Kier molecular flexibility index (Phi) is 4.17. The highest BCUT2D eigenvalue weighted by Gasteiger charge is 2.38. The Labute approximate surface area is 117 Å². The van der Waals surface area contributed by atoms with Crippen LogP contribution in [-0.4, -0.2) is 32.3 Å². The molecule has 2 aromatic rings. The average molecular weight is 302 g/mol. The van der Waals surface area contributed by atoms with Crippen molar-refractivity contribution in [1.82, 2.24) is 9.55 Å². The predicted octanol–water partition coefficient (Wildman–Crippen LogP) is 2.53. The second-order valence-corrected chi connectivity index (χ2v) is 4.49. The van der Waals surface area contributed by atoms with Gasteiger partial charge in [-0.1, -0.05) is 6.07 Å². The minimum Gasteiger partial charge on any atom is -0.478 e. The van der Waals surface area contributed by atoms with Gasteiger partial charge < -0.3 is 14.8 Å². The molecule has 0 aliphatic heterocycles. The quantitative estimate of drug-likeness (QED) is 0.832. The summed E-state index contributed by atoms with van der Waals surface area (Å²) in [7, 11) is 0. The Hall–Kier alpha value is -2.09. The highest BCUT2D eigenvalue weighted by atomic mass is 19.4. The van der Waals surface area contributed by atoms with Crippen LogP contribution in [-0.2, 0) is 12.7 Å². The fourth-order valence-electron chi connectivity index (χ4n) is 2.14. The molecule has 0 spiro atoms. The summed E-state index contributed by atoms with van der Waals surface area (Å²) >= 11 is 0. The van der Waals surface area contributed by atoms with Crippen molar-refractivity contribution in [2.45, 2.75) is 25.6 Å². The van der Waals surface area contributed by atoms with Crippen LogP contribution in [0.3, 0.4) is 0 Å². The van der Waals surface area contributed by atoms with Gasteiger partial charge in [-0.25, -0.2) is 9.78 Å². The number of para-hydroxylation sites is 1. The third kappa shape index (κ3) is 2.99. The van der Waals surface area contributed by atoms with E-state index < -0.39 is 18.0 Å². The first-order valence-electron chi connectivity index (χ1n) is 6.27. The standard InChI is InChI=1S/C13H13F3N2O3/c14-13(15,16)12-17-10-8(11(20)21)4-3-5-9(10)18(12)6-1-2-7-19/h3-5,19H,1-2,6-7H2,(H,20,21). The summed E-state index contributed by atoms with van der Waals surface area (Å²) in [5.41, 5.74) is -0.319. The smallest absolute Gasteiger partial charge is 0.449 e. The van der Waals surface area contributed by atoms with Gasteiger partial charge in [0.2, 0.25) is 5.82 Å². The number of carboxylic acids is 1. The van der Waals surface area contributed by atoms with E-state index in [1.807, 2.05) is 0 Å². The van der Waals surface area contributed by atoms with Crippen molar-refractivity contribution < 1.29 is 28.2 Å². The van der Waals surface area contributed by atoms with Crippen molar-refractivity contribution >= 4 is 17.0 Å². The van der Waals surface area contributed by atoms with Crippen molar-refractivity contribution in [3.8, 4) is 0 Å². The van der Waals surface area contributed by atoms with Crippen LogP contribution < -0.4 is 0 Å². The number of carboxylic acid groups (broad SMARTS) is 1. The van der Waals surface area contributed by atoms with E-state index in [0.717, 1.165) is 4.57 Å². The van der Waals surface area contributed by atoms with Gasteiger partial charge in [0.15, 0.2) is 0 Å². The Morgan fingerprint density at radius 2 is 2.00 bits per heavy atom. The number of aryl methyl sites for hydroxylation is 1. The van der Waals surface area contributed by atoms with E-state index in [-0.39, 0.29) is 29.7 Å². The minimum absolute atomic E-state index is 0.00890. The summed E-state index contributed by atoms with van der Waals surface area (Å²) in [5, 5.41) is 17.8. The summed E-state index contributed by atoms with van der Waals surface area (Å²) in [5.74, 6) is -2.45. The maximum atomic E-state index is 13.0. The molecular weight excluding hydrogens is 289 g/mol. The van der Waals surface area contributed by atoms with Gasteiger partial charge in [0.05, 0.1) is 11.1 Å². The molecule has 21 heavy (non-hydrogen) atoms. The number of fused-ring (bicyclic) bond motifs is 1. The van der Waals surface area contributed by atoms with Crippen LogP contribution >= 0.6 is 0 Å². The zero-order valence-electron chi connectivity index (χ0n) is 10.9. The second-order valence-electron chi connectivity index (χ2n) is 4.49. The van der Waals surface area contributed by atoms with Gasteiger partial charge in [-0.05, 0) is 25.0 Å². The summed E-state index contributed by atoms with van der Waals surface area (Å²) < 4.78 is 40.1. The summed E-state index contributed by atoms with van der Waals surface area (Å²) in [6.07, 6.45) is -3.98. The summed E-state index contributed by atoms with van der Waals surface area (Å²) in [6, 6.07) is 4.01. The number of aliphatic hydroxyl groups excluding tert-OH is 1. The number of hydrogen-bond donors (Lipinski definition) is 2. The molecule has 0 saturated carbocycles. The number of aromatic nitrogens is 2. The number of alkyl halides is 3. The molecule has 1 heterocycles. The van der Waals surface area contributed by atoms with Crippen molar-refractivity contribution in [3.63, 3.8) is 0 Å². The molecule has 8 heteroatoms. The molecular formula is C13H13F3N2O3. The maximum absolute atomic E-state index is 13.0. The molecule has 0 aliphatic carbocycles. The lowest BCUT2D eigenvalue weighted by atomic mass is 10.2. The van der Waals surface area contributed by atoms with Gasteiger partial charge in [-0.3, -0.25) is 0 Å². The fourth-order valence-corrected chi connectivity index (χ4v) is 2.14. The molecule has 0 radical (unpaired) electrons. The molecule has 0 unspecified atom stereocenters. The number of unbranched alkanes of at least 4 members (excludes halogenated alkanes) is 1. The molecule has 0 saturated heterocycles. The van der Waals surface area contributed by atoms with Gasteiger partial charge >= 0.3 is 12.1 Å². The molecule has 0 aliphatic rings. The monoisotopic (exact) mass is 302 g/mol. The van der Waals surface area contributed by atoms with E-state index in [1.54, 1.807) is 0 Å². The second kappa shape index (κ2) is 5.72. The molecule has 5 nitrogen and oxygen atoms in total. The lowest BCUT2D eigenvalue weighted by molar-refractivity contribution is -0.147. The van der Waals surface area contributed by atoms with Crippen LogP contribution in [0.4, 0.5) is 13.2 Å². The molecule has 0 atom stereocenters. The Balaban J connectivity index is 2.61. The first kappa shape index (κ1) is 15.3. The highest BCUT2D eigenvalue weighted by Crippen LogP contribution is 2.32. The van der Waals surface area contributed by atoms with E-state index in [1.165, 1.54) is 18.2 Å². The number of carbonyl (C=O) groups is 1. The SMILES string of the molecule is O=C(O)c1cccc2c1nc(C(F)(F)F)n2CCCCO. The van der Waals surface area contributed by atoms with E-state index >= 15 is 0 Å². The topological polar surface area (TPSA) is 75.3 Å². The number of nitrogens with zero attached hydrogens (tertiary/aromatic N) is 2. The maximum Gasteiger partial charge on any atom is 0.449 e. The normalized spacial score (nSPS) is 12.0. The van der Waals surface area contributed by atoms with Gasteiger partial charge in [0.25, 0.3) is 0 Å². The van der Waals surface area contributed by atoms with Gasteiger partial charge in [0, 0.05) is 13.2 Å². The summed E-state index contributed by atoms with van der Waals surface area (Å²) in [6.45, 7) is -0.108. The van der Waals surface area contributed by atoms with Gasteiger partial charge in [-0.2, -0.15) is 13.2 Å². The van der Waals surface area contributed by atoms with Crippen molar-refractivity contribution in [2.75, 3.05) is 6.61 Å². The first-order chi connectivity index (χ1) is 9.86. The molecule has 1 aromatic heterocycles.